The van der Waals surface area contributed by atoms with Gasteiger partial charge in [-0.15, -0.1) is 0 Å². The van der Waals surface area contributed by atoms with Gasteiger partial charge in [0, 0.05) is 35.9 Å². The lowest BCUT2D eigenvalue weighted by atomic mass is 10.0. The van der Waals surface area contributed by atoms with Crippen LogP contribution in [0.25, 0.3) is 0 Å². The predicted octanol–water partition coefficient (Wildman–Crippen LogP) is 3.93. The van der Waals surface area contributed by atoms with Crippen LogP contribution in [0.1, 0.15) is 41.9 Å². The maximum Gasteiger partial charge on any atom is 0.0641 e. The predicted molar refractivity (Wildman–Crippen MR) is 84.0 cm³/mol. The molecule has 2 aromatic rings. The molecule has 0 aliphatic heterocycles. The maximum absolute atomic E-state index is 6.08. The van der Waals surface area contributed by atoms with Crippen molar-refractivity contribution in [2.24, 2.45) is 7.05 Å². The highest BCUT2D eigenvalue weighted by Crippen LogP contribution is 2.21. The topological polar surface area (TPSA) is 29.9 Å². The van der Waals surface area contributed by atoms with Gasteiger partial charge in [-0.1, -0.05) is 30.7 Å². The van der Waals surface area contributed by atoms with E-state index in [-0.39, 0.29) is 0 Å². The van der Waals surface area contributed by atoms with Crippen molar-refractivity contribution in [2.45, 2.75) is 39.8 Å². The second kappa shape index (κ2) is 6.42. The molecule has 0 aliphatic carbocycles. The lowest BCUT2D eigenvalue weighted by molar-refractivity contribution is 0.517. The van der Waals surface area contributed by atoms with E-state index in [1.165, 1.54) is 16.8 Å². The minimum Gasteiger partial charge on any atom is -0.306 e. The van der Waals surface area contributed by atoms with Crippen LogP contribution in [0.3, 0.4) is 0 Å². The summed E-state index contributed by atoms with van der Waals surface area (Å²) in [5.41, 5.74) is 4.83. The number of aryl methyl sites for hydroxylation is 2. The van der Waals surface area contributed by atoms with Crippen LogP contribution >= 0.6 is 11.6 Å². The van der Waals surface area contributed by atoms with E-state index in [9.17, 15) is 0 Å². The van der Waals surface area contributed by atoms with Gasteiger partial charge in [-0.25, -0.2) is 0 Å². The highest BCUT2D eigenvalue weighted by molar-refractivity contribution is 6.30. The molecule has 0 saturated carbocycles. The Bertz CT molecular complexity index is 589. The summed E-state index contributed by atoms with van der Waals surface area (Å²) in [5, 5.41) is 8.86. The summed E-state index contributed by atoms with van der Waals surface area (Å²) in [4.78, 5) is 0. The molecule has 1 aromatic carbocycles. The largest absolute Gasteiger partial charge is 0.306 e. The molecule has 0 amide bonds. The summed E-state index contributed by atoms with van der Waals surface area (Å²) in [6.45, 7) is 7.18. The standard InChI is InChI=1S/C16H22ClN3/c1-5-16(13-7-6-8-14(17)9-13)18-10-15-11(2)19-20(4)12(15)3/h6-9,16,18H,5,10H2,1-4H3. The number of halogens is 1. The minimum atomic E-state index is 0.313. The molecule has 4 heteroatoms. The lowest BCUT2D eigenvalue weighted by Crippen LogP contribution is -2.21. The van der Waals surface area contributed by atoms with Gasteiger partial charge in [0.1, 0.15) is 0 Å². The molecule has 2 rings (SSSR count). The van der Waals surface area contributed by atoms with E-state index in [1.54, 1.807) is 0 Å². The number of aromatic nitrogens is 2. The van der Waals surface area contributed by atoms with Gasteiger partial charge in [0.05, 0.1) is 5.69 Å². The zero-order chi connectivity index (χ0) is 14.7. The Morgan fingerprint density at radius 1 is 1.35 bits per heavy atom. The number of benzene rings is 1. The quantitative estimate of drug-likeness (QED) is 0.904. The van der Waals surface area contributed by atoms with Crippen molar-refractivity contribution in [1.82, 2.24) is 15.1 Å². The van der Waals surface area contributed by atoms with Crippen LogP contribution in [-0.4, -0.2) is 9.78 Å². The molecule has 20 heavy (non-hydrogen) atoms. The van der Waals surface area contributed by atoms with Crippen molar-refractivity contribution in [1.29, 1.82) is 0 Å². The monoisotopic (exact) mass is 291 g/mol. The van der Waals surface area contributed by atoms with Gasteiger partial charge in [-0.2, -0.15) is 5.10 Å². The van der Waals surface area contributed by atoms with Crippen LogP contribution in [-0.2, 0) is 13.6 Å². The molecule has 0 spiro atoms. The first kappa shape index (κ1) is 15.1. The van der Waals surface area contributed by atoms with Crippen LogP contribution in [0.4, 0.5) is 0 Å². The van der Waals surface area contributed by atoms with E-state index in [1.807, 2.05) is 29.9 Å². The molecule has 1 heterocycles. The second-order valence-electron chi connectivity index (χ2n) is 5.17. The molecule has 0 aliphatic rings. The summed E-state index contributed by atoms with van der Waals surface area (Å²) in [7, 11) is 1.99. The number of hydrogen-bond donors (Lipinski definition) is 1. The third-order valence-electron chi connectivity index (χ3n) is 3.84. The Morgan fingerprint density at radius 2 is 2.10 bits per heavy atom. The van der Waals surface area contributed by atoms with Crippen LogP contribution < -0.4 is 5.32 Å². The molecule has 108 valence electrons. The average molecular weight is 292 g/mol. The van der Waals surface area contributed by atoms with Gasteiger partial charge >= 0.3 is 0 Å². The van der Waals surface area contributed by atoms with Crippen molar-refractivity contribution in [3.63, 3.8) is 0 Å². The Hall–Kier alpha value is -1.32. The van der Waals surface area contributed by atoms with Crippen molar-refractivity contribution >= 4 is 11.6 Å². The average Bonchev–Trinajstić information content (AvgIpc) is 2.65. The Balaban J connectivity index is 2.11. The van der Waals surface area contributed by atoms with Crippen molar-refractivity contribution < 1.29 is 0 Å². The third kappa shape index (κ3) is 3.22. The van der Waals surface area contributed by atoms with E-state index >= 15 is 0 Å². The normalized spacial score (nSPS) is 12.7. The Morgan fingerprint density at radius 3 is 2.65 bits per heavy atom. The first-order valence-corrected chi connectivity index (χ1v) is 7.38. The number of hydrogen-bond acceptors (Lipinski definition) is 2. The number of nitrogens with zero attached hydrogens (tertiary/aromatic N) is 2. The molecule has 0 radical (unpaired) electrons. The number of rotatable bonds is 5. The molecule has 1 N–H and O–H groups in total. The van der Waals surface area contributed by atoms with Gasteiger partial charge < -0.3 is 5.32 Å². The van der Waals surface area contributed by atoms with E-state index in [0.29, 0.717) is 6.04 Å². The Labute approximate surface area is 126 Å². The zero-order valence-corrected chi connectivity index (χ0v) is 13.3. The molecule has 0 bridgehead atoms. The van der Waals surface area contributed by atoms with E-state index in [4.69, 9.17) is 11.6 Å². The van der Waals surface area contributed by atoms with Gasteiger partial charge in [-0.3, -0.25) is 4.68 Å². The van der Waals surface area contributed by atoms with Gasteiger partial charge in [0.2, 0.25) is 0 Å². The van der Waals surface area contributed by atoms with Crippen molar-refractivity contribution in [3.8, 4) is 0 Å². The van der Waals surface area contributed by atoms with Gasteiger partial charge in [0.25, 0.3) is 0 Å². The number of nitrogens with one attached hydrogen (secondary N) is 1. The van der Waals surface area contributed by atoms with Crippen LogP contribution in [0, 0.1) is 13.8 Å². The fourth-order valence-electron chi connectivity index (χ4n) is 2.52. The third-order valence-corrected chi connectivity index (χ3v) is 4.08. The van der Waals surface area contributed by atoms with Gasteiger partial charge in [0.15, 0.2) is 0 Å². The first-order valence-electron chi connectivity index (χ1n) is 7.00. The van der Waals surface area contributed by atoms with Crippen molar-refractivity contribution in [3.05, 3.63) is 51.8 Å². The molecule has 0 fully saturated rings. The SMILES string of the molecule is CCC(NCc1c(C)nn(C)c1C)c1cccc(Cl)c1. The molecule has 1 atom stereocenters. The molecule has 1 aromatic heterocycles. The highest BCUT2D eigenvalue weighted by atomic mass is 35.5. The second-order valence-corrected chi connectivity index (χ2v) is 5.61. The van der Waals surface area contributed by atoms with Crippen LogP contribution in [0.5, 0.6) is 0 Å². The molecule has 1 unspecified atom stereocenters. The maximum atomic E-state index is 6.08. The first-order chi connectivity index (χ1) is 9.52. The fourth-order valence-corrected chi connectivity index (χ4v) is 2.72. The highest BCUT2D eigenvalue weighted by Gasteiger charge is 2.13. The smallest absolute Gasteiger partial charge is 0.0641 e. The fraction of sp³-hybridized carbons (Fsp3) is 0.438. The lowest BCUT2D eigenvalue weighted by Gasteiger charge is -2.18. The van der Waals surface area contributed by atoms with E-state index in [2.05, 4.69) is 37.3 Å². The summed E-state index contributed by atoms with van der Waals surface area (Å²) in [6.07, 6.45) is 1.03. The van der Waals surface area contributed by atoms with E-state index < -0.39 is 0 Å². The van der Waals surface area contributed by atoms with Crippen LogP contribution in [0.2, 0.25) is 5.02 Å². The van der Waals surface area contributed by atoms with E-state index in [0.717, 1.165) is 23.7 Å². The molecular weight excluding hydrogens is 270 g/mol. The zero-order valence-electron chi connectivity index (χ0n) is 12.6. The molecular formula is C16H22ClN3. The van der Waals surface area contributed by atoms with Gasteiger partial charge in [-0.05, 0) is 38.0 Å². The molecule has 0 saturated heterocycles. The Kier molecular flexibility index (Phi) is 4.84. The summed E-state index contributed by atoms with van der Waals surface area (Å²) >= 11 is 6.08. The van der Waals surface area contributed by atoms with Crippen LogP contribution in [0.15, 0.2) is 24.3 Å². The summed E-state index contributed by atoms with van der Waals surface area (Å²) in [5.74, 6) is 0. The minimum absolute atomic E-state index is 0.313. The summed E-state index contributed by atoms with van der Waals surface area (Å²) < 4.78 is 1.94. The summed E-state index contributed by atoms with van der Waals surface area (Å²) in [6, 6.07) is 8.38. The molecule has 3 nitrogen and oxygen atoms in total. The van der Waals surface area contributed by atoms with Crippen molar-refractivity contribution in [2.75, 3.05) is 0 Å².